The van der Waals surface area contributed by atoms with Crippen molar-refractivity contribution in [2.75, 3.05) is 7.11 Å². The van der Waals surface area contributed by atoms with Gasteiger partial charge in [0, 0.05) is 7.11 Å². The van der Waals surface area contributed by atoms with Crippen molar-refractivity contribution in [2.24, 2.45) is 5.92 Å². The molecule has 1 aromatic rings. The van der Waals surface area contributed by atoms with Crippen LogP contribution in [0.2, 0.25) is 0 Å². The summed E-state index contributed by atoms with van der Waals surface area (Å²) in [7, 11) is 1.56. The first-order chi connectivity index (χ1) is 7.54. The summed E-state index contributed by atoms with van der Waals surface area (Å²) < 4.78 is 5.17. The van der Waals surface area contributed by atoms with E-state index >= 15 is 0 Å². The van der Waals surface area contributed by atoms with Crippen LogP contribution in [-0.2, 0) is 16.0 Å². The second-order valence-corrected chi connectivity index (χ2v) is 4.57. The Balaban J connectivity index is 2.81. The number of hydrogen-bond donors (Lipinski definition) is 0. The van der Waals surface area contributed by atoms with Crippen LogP contribution in [0.25, 0.3) is 0 Å². The summed E-state index contributed by atoms with van der Waals surface area (Å²) in [6.45, 7) is 5.94. The lowest BCUT2D eigenvalue weighted by atomic mass is 9.99. The molecular formula is C14H20O2. The largest absolute Gasteiger partial charge is 0.369 e. The van der Waals surface area contributed by atoms with Crippen LogP contribution in [0, 0.1) is 5.92 Å². The third-order valence-corrected chi connectivity index (χ3v) is 2.53. The molecule has 2 nitrogen and oxygen atoms in total. The molecule has 0 heterocycles. The molecular weight excluding hydrogens is 200 g/mol. The fourth-order valence-corrected chi connectivity index (χ4v) is 1.84. The molecule has 0 N–H and O–H groups in total. The van der Waals surface area contributed by atoms with E-state index in [0.29, 0.717) is 5.92 Å². The van der Waals surface area contributed by atoms with Gasteiger partial charge in [-0.3, -0.25) is 4.79 Å². The minimum absolute atomic E-state index is 0.0408. The van der Waals surface area contributed by atoms with Gasteiger partial charge in [-0.05, 0) is 30.4 Å². The summed E-state index contributed by atoms with van der Waals surface area (Å²) in [5.41, 5.74) is 2.24. The smallest absolute Gasteiger partial charge is 0.163 e. The summed E-state index contributed by atoms with van der Waals surface area (Å²) >= 11 is 0. The van der Waals surface area contributed by atoms with Gasteiger partial charge in [0.1, 0.15) is 6.10 Å². The molecule has 88 valence electrons. The van der Waals surface area contributed by atoms with E-state index in [1.165, 1.54) is 5.56 Å². The van der Waals surface area contributed by atoms with E-state index in [-0.39, 0.29) is 5.78 Å². The van der Waals surface area contributed by atoms with Gasteiger partial charge in [0.2, 0.25) is 0 Å². The molecule has 1 unspecified atom stereocenters. The minimum atomic E-state index is -0.423. The fourth-order valence-electron chi connectivity index (χ4n) is 1.84. The molecule has 0 aliphatic carbocycles. The molecule has 1 aromatic carbocycles. The number of ether oxygens (including phenoxy) is 1. The highest BCUT2D eigenvalue weighted by molar-refractivity contribution is 5.81. The van der Waals surface area contributed by atoms with E-state index < -0.39 is 6.10 Å². The molecule has 0 aliphatic rings. The number of carbonyl (C=O) groups is 1. The predicted molar refractivity (Wildman–Crippen MR) is 65.4 cm³/mol. The summed E-state index contributed by atoms with van der Waals surface area (Å²) in [5, 5.41) is 0. The monoisotopic (exact) mass is 220 g/mol. The molecule has 0 spiro atoms. The topological polar surface area (TPSA) is 26.3 Å². The van der Waals surface area contributed by atoms with Gasteiger partial charge in [-0.1, -0.05) is 38.1 Å². The van der Waals surface area contributed by atoms with Crippen LogP contribution >= 0.6 is 0 Å². The summed E-state index contributed by atoms with van der Waals surface area (Å²) in [5.74, 6) is 0.691. The van der Waals surface area contributed by atoms with E-state index in [1.807, 2.05) is 12.1 Å². The van der Waals surface area contributed by atoms with Gasteiger partial charge >= 0.3 is 0 Å². The summed E-state index contributed by atoms with van der Waals surface area (Å²) in [4.78, 5) is 11.3. The highest BCUT2D eigenvalue weighted by atomic mass is 16.5. The molecule has 1 rings (SSSR count). The molecule has 0 bridgehead atoms. The van der Waals surface area contributed by atoms with Gasteiger partial charge in [-0.25, -0.2) is 0 Å². The van der Waals surface area contributed by atoms with Crippen molar-refractivity contribution in [3.63, 3.8) is 0 Å². The van der Waals surface area contributed by atoms with Crippen molar-refractivity contribution in [1.82, 2.24) is 0 Å². The van der Waals surface area contributed by atoms with Crippen molar-refractivity contribution >= 4 is 5.78 Å². The SMILES string of the molecule is COC(C(C)=O)c1ccc(CC(C)C)cc1. The highest BCUT2D eigenvalue weighted by Gasteiger charge is 2.15. The van der Waals surface area contributed by atoms with Crippen LogP contribution < -0.4 is 0 Å². The Morgan fingerprint density at radius 3 is 2.19 bits per heavy atom. The normalized spacial score (nSPS) is 12.8. The van der Waals surface area contributed by atoms with Gasteiger partial charge in [0.25, 0.3) is 0 Å². The first-order valence-electron chi connectivity index (χ1n) is 5.66. The van der Waals surface area contributed by atoms with E-state index in [2.05, 4.69) is 26.0 Å². The van der Waals surface area contributed by atoms with E-state index in [9.17, 15) is 4.79 Å². The van der Waals surface area contributed by atoms with Crippen LogP contribution in [-0.4, -0.2) is 12.9 Å². The zero-order valence-electron chi connectivity index (χ0n) is 10.5. The van der Waals surface area contributed by atoms with Gasteiger partial charge < -0.3 is 4.74 Å². The Morgan fingerprint density at radius 1 is 1.25 bits per heavy atom. The summed E-state index contributed by atoms with van der Waals surface area (Å²) in [6.07, 6.45) is 0.644. The number of hydrogen-bond acceptors (Lipinski definition) is 2. The Bertz CT molecular complexity index is 338. The molecule has 0 saturated carbocycles. The number of benzene rings is 1. The number of rotatable bonds is 5. The number of carbonyl (C=O) groups excluding carboxylic acids is 1. The van der Waals surface area contributed by atoms with E-state index in [1.54, 1.807) is 14.0 Å². The van der Waals surface area contributed by atoms with Crippen molar-refractivity contribution in [2.45, 2.75) is 33.3 Å². The quantitative estimate of drug-likeness (QED) is 0.762. The number of methoxy groups -OCH3 is 1. The third kappa shape index (κ3) is 3.46. The second kappa shape index (κ2) is 5.80. The van der Waals surface area contributed by atoms with Crippen molar-refractivity contribution in [3.05, 3.63) is 35.4 Å². The molecule has 16 heavy (non-hydrogen) atoms. The van der Waals surface area contributed by atoms with Gasteiger partial charge in [0.15, 0.2) is 5.78 Å². The lowest BCUT2D eigenvalue weighted by molar-refractivity contribution is -0.126. The van der Waals surface area contributed by atoms with Gasteiger partial charge in [0.05, 0.1) is 0 Å². The molecule has 0 radical (unpaired) electrons. The minimum Gasteiger partial charge on any atom is -0.369 e. The molecule has 0 aliphatic heterocycles. The van der Waals surface area contributed by atoms with Crippen LogP contribution in [0.15, 0.2) is 24.3 Å². The maximum atomic E-state index is 11.3. The average Bonchev–Trinajstić information content (AvgIpc) is 2.20. The zero-order valence-corrected chi connectivity index (χ0v) is 10.5. The van der Waals surface area contributed by atoms with Gasteiger partial charge in [-0.2, -0.15) is 0 Å². The maximum Gasteiger partial charge on any atom is 0.163 e. The van der Waals surface area contributed by atoms with Crippen molar-refractivity contribution < 1.29 is 9.53 Å². The molecule has 0 fully saturated rings. The van der Waals surface area contributed by atoms with Crippen LogP contribution in [0.3, 0.4) is 0 Å². The van der Waals surface area contributed by atoms with Crippen LogP contribution in [0.1, 0.15) is 38.0 Å². The van der Waals surface area contributed by atoms with E-state index in [4.69, 9.17) is 4.74 Å². The Labute approximate surface area is 97.6 Å². The van der Waals surface area contributed by atoms with E-state index in [0.717, 1.165) is 12.0 Å². The lowest BCUT2D eigenvalue weighted by Gasteiger charge is -2.13. The predicted octanol–water partition coefficient (Wildman–Crippen LogP) is 3.16. The number of ketones is 1. The Morgan fingerprint density at radius 2 is 1.81 bits per heavy atom. The van der Waals surface area contributed by atoms with Crippen molar-refractivity contribution in [1.29, 1.82) is 0 Å². The molecule has 1 atom stereocenters. The third-order valence-electron chi connectivity index (χ3n) is 2.53. The van der Waals surface area contributed by atoms with Crippen LogP contribution in [0.4, 0.5) is 0 Å². The fraction of sp³-hybridized carbons (Fsp3) is 0.500. The highest BCUT2D eigenvalue weighted by Crippen LogP contribution is 2.19. The molecule has 0 aromatic heterocycles. The maximum absolute atomic E-state index is 11.3. The molecule has 2 heteroatoms. The standard InChI is InChI=1S/C14H20O2/c1-10(2)9-12-5-7-13(8-6-12)14(16-4)11(3)15/h5-8,10,14H,9H2,1-4H3. The first-order valence-corrected chi connectivity index (χ1v) is 5.66. The lowest BCUT2D eigenvalue weighted by Crippen LogP contribution is -2.10. The first kappa shape index (κ1) is 12.9. The van der Waals surface area contributed by atoms with Crippen molar-refractivity contribution in [3.8, 4) is 0 Å². The summed E-state index contributed by atoms with van der Waals surface area (Å²) in [6, 6.07) is 8.11. The van der Waals surface area contributed by atoms with Crippen LogP contribution in [0.5, 0.6) is 0 Å². The Hall–Kier alpha value is -1.15. The van der Waals surface area contributed by atoms with Gasteiger partial charge in [-0.15, -0.1) is 0 Å². The zero-order chi connectivity index (χ0) is 12.1. The molecule has 0 saturated heterocycles. The second-order valence-electron chi connectivity index (χ2n) is 4.57. The molecule has 0 amide bonds. The average molecular weight is 220 g/mol. The Kier molecular flexibility index (Phi) is 4.69. The number of Topliss-reactive ketones (excluding diaryl/α,β-unsaturated/α-hetero) is 1.